The van der Waals surface area contributed by atoms with Gasteiger partial charge in [0.15, 0.2) is 5.78 Å². The summed E-state index contributed by atoms with van der Waals surface area (Å²) in [6.45, 7) is 0.308. The summed E-state index contributed by atoms with van der Waals surface area (Å²) in [6, 6.07) is 11.0. The molecule has 2 aromatic carbocycles. The topological polar surface area (TPSA) is 103 Å². The number of nitrogens with zero attached hydrogens (tertiary/aromatic N) is 3. The Labute approximate surface area is 200 Å². The number of ketones is 1. The van der Waals surface area contributed by atoms with Gasteiger partial charge < -0.3 is 10.1 Å². The highest BCUT2D eigenvalue weighted by molar-refractivity contribution is 6.12. The zero-order chi connectivity index (χ0) is 25.1. The van der Waals surface area contributed by atoms with Crippen molar-refractivity contribution in [2.45, 2.75) is 25.3 Å². The number of Topliss-reactive ketones (excluding diaryl/α,β-unsaturated/α-hetero) is 1. The molecule has 1 atom stereocenters. The van der Waals surface area contributed by atoms with Crippen LogP contribution in [0.2, 0.25) is 0 Å². The van der Waals surface area contributed by atoms with Gasteiger partial charge in [0.1, 0.15) is 0 Å². The highest BCUT2D eigenvalue weighted by Crippen LogP contribution is 2.45. The molecule has 35 heavy (non-hydrogen) atoms. The van der Waals surface area contributed by atoms with Crippen molar-refractivity contribution in [2.24, 2.45) is 0 Å². The maximum Gasteiger partial charge on any atom is 0.337 e. The lowest BCUT2D eigenvalue weighted by Gasteiger charge is -2.41. The molecule has 1 aliphatic heterocycles. The third-order valence-electron chi connectivity index (χ3n) is 5.94. The van der Waals surface area contributed by atoms with Crippen LogP contribution in [-0.4, -0.2) is 43.0 Å². The van der Waals surface area contributed by atoms with E-state index in [0.29, 0.717) is 16.8 Å². The van der Waals surface area contributed by atoms with Crippen molar-refractivity contribution in [3.63, 3.8) is 0 Å². The Balaban J connectivity index is 1.87. The number of benzene rings is 2. The number of carbonyl (C=O) groups is 3. The molecule has 2 aliphatic rings. The summed E-state index contributed by atoms with van der Waals surface area (Å²) in [5.74, 6) is -0.244. The number of imide groups is 1. The first-order valence-electron chi connectivity index (χ1n) is 10.9. The molecule has 10 heteroatoms. The van der Waals surface area contributed by atoms with E-state index >= 15 is 0 Å². The molecule has 1 aliphatic carbocycles. The molecule has 180 valence electrons. The molecule has 0 radical (unpaired) electrons. The van der Waals surface area contributed by atoms with Gasteiger partial charge in [-0.25, -0.2) is 23.3 Å². The monoisotopic (exact) mass is 480 g/mol. The van der Waals surface area contributed by atoms with Crippen LogP contribution in [0.15, 0.2) is 59.8 Å². The van der Waals surface area contributed by atoms with Crippen molar-refractivity contribution in [3.05, 3.63) is 76.5 Å². The predicted octanol–water partition coefficient (Wildman–Crippen LogP) is 4.45. The van der Waals surface area contributed by atoms with Crippen LogP contribution in [-0.2, 0) is 9.53 Å². The second-order valence-corrected chi connectivity index (χ2v) is 8.03. The van der Waals surface area contributed by atoms with Crippen LogP contribution in [0.4, 0.5) is 24.1 Å². The first kappa shape index (κ1) is 24.0. The Bertz CT molecular complexity index is 1240. The van der Waals surface area contributed by atoms with Crippen molar-refractivity contribution >= 4 is 23.5 Å². The van der Waals surface area contributed by atoms with Gasteiger partial charge >= 0.3 is 12.1 Å². The van der Waals surface area contributed by atoms with Crippen molar-refractivity contribution in [1.29, 1.82) is 5.26 Å². The van der Waals surface area contributed by atoms with E-state index < -0.39 is 24.5 Å². The first-order valence-corrected chi connectivity index (χ1v) is 10.9. The molecule has 0 fully saturated rings. The van der Waals surface area contributed by atoms with Gasteiger partial charge in [-0.3, -0.25) is 9.69 Å². The van der Waals surface area contributed by atoms with E-state index in [1.807, 2.05) is 6.07 Å². The smallest absolute Gasteiger partial charge is 0.337 e. The number of urea groups is 2. The van der Waals surface area contributed by atoms with Crippen molar-refractivity contribution < 1.29 is 27.9 Å². The number of alkyl halides is 2. The molecule has 1 heterocycles. The SMILES string of the molecule is COCCNC(=O)N1C(=O)N(c2cccc(C(F)F)c2)C2=C(C(=O)CC2)C1c1ccc(C#N)cc1. The van der Waals surface area contributed by atoms with E-state index in [1.54, 1.807) is 24.3 Å². The van der Waals surface area contributed by atoms with Gasteiger partial charge in [-0.15, -0.1) is 0 Å². The summed E-state index contributed by atoms with van der Waals surface area (Å²) in [6.07, 6.45) is -2.41. The van der Waals surface area contributed by atoms with Crippen LogP contribution < -0.4 is 10.2 Å². The predicted molar refractivity (Wildman–Crippen MR) is 122 cm³/mol. The third-order valence-corrected chi connectivity index (χ3v) is 5.94. The van der Waals surface area contributed by atoms with Crippen molar-refractivity contribution in [1.82, 2.24) is 10.2 Å². The van der Waals surface area contributed by atoms with Gasteiger partial charge in [0.25, 0.3) is 6.43 Å². The number of hydrogen-bond acceptors (Lipinski definition) is 5. The molecule has 4 amide bonds. The quantitative estimate of drug-likeness (QED) is 0.616. The van der Waals surface area contributed by atoms with Crippen LogP contribution in [0.1, 0.15) is 42.0 Å². The number of allylic oxidation sites excluding steroid dienone is 1. The number of carbonyl (C=O) groups excluding carboxylic acids is 3. The number of nitrogens with one attached hydrogen (secondary N) is 1. The zero-order valence-electron chi connectivity index (χ0n) is 18.8. The van der Waals surface area contributed by atoms with Gasteiger partial charge in [-0.1, -0.05) is 24.3 Å². The molecule has 4 rings (SSSR count). The second kappa shape index (κ2) is 10.0. The van der Waals surface area contributed by atoms with E-state index in [2.05, 4.69) is 5.32 Å². The van der Waals surface area contributed by atoms with Gasteiger partial charge in [-0.2, -0.15) is 5.26 Å². The Morgan fingerprint density at radius 2 is 1.94 bits per heavy atom. The Kier molecular flexibility index (Phi) is 6.89. The van der Waals surface area contributed by atoms with Gasteiger partial charge in [-0.05, 0) is 36.2 Å². The van der Waals surface area contributed by atoms with E-state index in [1.165, 1.54) is 36.3 Å². The molecule has 0 saturated heterocycles. The summed E-state index contributed by atoms with van der Waals surface area (Å²) >= 11 is 0. The minimum atomic E-state index is -2.76. The Hall–Kier alpha value is -4.10. The summed E-state index contributed by atoms with van der Waals surface area (Å²) in [5, 5.41) is 11.8. The lowest BCUT2D eigenvalue weighted by Crippen LogP contribution is -2.55. The normalized spacial score (nSPS) is 17.6. The maximum atomic E-state index is 13.8. The lowest BCUT2D eigenvalue weighted by molar-refractivity contribution is -0.115. The van der Waals surface area contributed by atoms with Crippen LogP contribution in [0.3, 0.4) is 0 Å². The average molecular weight is 480 g/mol. The number of anilines is 1. The average Bonchev–Trinajstić information content (AvgIpc) is 3.24. The molecule has 1 N–H and O–H groups in total. The number of methoxy groups -OCH3 is 1. The highest BCUT2D eigenvalue weighted by Gasteiger charge is 2.48. The molecule has 1 unspecified atom stereocenters. The van der Waals surface area contributed by atoms with Crippen LogP contribution >= 0.6 is 0 Å². The van der Waals surface area contributed by atoms with Gasteiger partial charge in [0, 0.05) is 36.9 Å². The van der Waals surface area contributed by atoms with E-state index in [4.69, 9.17) is 10.00 Å². The fourth-order valence-corrected chi connectivity index (χ4v) is 4.34. The minimum Gasteiger partial charge on any atom is -0.383 e. The summed E-state index contributed by atoms with van der Waals surface area (Å²) < 4.78 is 31.7. The number of ether oxygens (including phenoxy) is 1. The van der Waals surface area contributed by atoms with E-state index in [9.17, 15) is 23.2 Å². The van der Waals surface area contributed by atoms with Crippen molar-refractivity contribution in [2.75, 3.05) is 25.2 Å². The highest BCUT2D eigenvalue weighted by atomic mass is 19.3. The minimum absolute atomic E-state index is 0.111. The van der Waals surface area contributed by atoms with Crippen LogP contribution in [0.5, 0.6) is 0 Å². The fraction of sp³-hybridized carbons (Fsp3) is 0.280. The molecule has 2 aromatic rings. The second-order valence-electron chi connectivity index (χ2n) is 8.03. The third kappa shape index (κ3) is 4.50. The summed E-state index contributed by atoms with van der Waals surface area (Å²) in [5.41, 5.74) is 1.34. The molecular formula is C25H22F2N4O4. The molecule has 0 aromatic heterocycles. The van der Waals surface area contributed by atoms with E-state index in [0.717, 1.165) is 4.90 Å². The number of nitriles is 1. The lowest BCUT2D eigenvalue weighted by atomic mass is 9.92. The Morgan fingerprint density at radius 3 is 2.60 bits per heavy atom. The molecule has 0 saturated carbocycles. The number of rotatable bonds is 6. The Morgan fingerprint density at radius 1 is 1.20 bits per heavy atom. The first-order chi connectivity index (χ1) is 16.9. The molecule has 8 nitrogen and oxygen atoms in total. The van der Waals surface area contributed by atoms with Crippen molar-refractivity contribution in [3.8, 4) is 6.07 Å². The fourth-order valence-electron chi connectivity index (χ4n) is 4.34. The van der Waals surface area contributed by atoms with Gasteiger partial charge in [0.2, 0.25) is 0 Å². The number of amides is 4. The van der Waals surface area contributed by atoms with E-state index in [-0.39, 0.29) is 48.6 Å². The summed E-state index contributed by atoms with van der Waals surface area (Å²) in [4.78, 5) is 42.2. The standard InChI is InChI=1S/C25H22F2N4O4/c1-35-12-11-29-24(33)31-22(16-7-5-15(14-28)6-8-16)21-19(9-10-20(21)32)30(25(31)34)18-4-2-3-17(13-18)23(26)27/h2-8,13,22-23H,9-12H2,1H3,(H,29,33). The number of hydrogen-bond donors (Lipinski definition) is 1. The summed E-state index contributed by atoms with van der Waals surface area (Å²) in [7, 11) is 1.46. The molecule has 0 bridgehead atoms. The van der Waals surface area contributed by atoms with Gasteiger partial charge in [0.05, 0.1) is 30.0 Å². The zero-order valence-corrected chi connectivity index (χ0v) is 18.8. The van der Waals surface area contributed by atoms with Crippen LogP contribution in [0.25, 0.3) is 0 Å². The maximum absolute atomic E-state index is 13.8. The molecular weight excluding hydrogens is 458 g/mol. The molecule has 0 spiro atoms. The number of halogens is 2. The van der Waals surface area contributed by atoms with Crippen LogP contribution in [0, 0.1) is 11.3 Å². The largest absolute Gasteiger partial charge is 0.383 e.